The van der Waals surface area contributed by atoms with E-state index in [2.05, 4.69) is 36.4 Å². The Hall–Kier alpha value is -1.36. The van der Waals surface area contributed by atoms with Crippen LogP contribution in [0.1, 0.15) is 5.56 Å². The Morgan fingerprint density at radius 1 is 1.36 bits per heavy atom. The number of aryl methyl sites for hydroxylation is 1. The molecule has 14 heavy (non-hydrogen) atoms. The molecule has 2 rings (SSSR count). The summed E-state index contributed by atoms with van der Waals surface area (Å²) in [6.07, 6.45) is 0. The number of benzene rings is 1. The molecule has 2 N–H and O–H groups in total. The molecule has 1 heterocycles. The number of hydrogen-bond donors (Lipinski definition) is 2. The molecule has 0 spiro atoms. The summed E-state index contributed by atoms with van der Waals surface area (Å²) in [4.78, 5) is 4.09. The van der Waals surface area contributed by atoms with Crippen LogP contribution in [0.3, 0.4) is 0 Å². The number of hydrogen-bond acceptors (Lipinski definition) is 3. The van der Waals surface area contributed by atoms with E-state index in [1.807, 2.05) is 31.2 Å². The predicted molar refractivity (Wildman–Crippen MR) is 58.5 cm³/mol. The first-order valence-electron chi connectivity index (χ1n) is 4.16. The molecule has 0 aliphatic heterocycles. The van der Waals surface area contributed by atoms with Gasteiger partial charge in [-0.2, -0.15) is 4.98 Å². The SMILES string of the molecule is Cc1ccccc1Nc1n[nH]c(Br)n1. The second-order valence-electron chi connectivity index (χ2n) is 2.89. The molecule has 0 unspecified atom stereocenters. The maximum absolute atomic E-state index is 4.09. The third-order valence-corrected chi connectivity index (χ3v) is 2.20. The molecule has 0 bridgehead atoms. The zero-order valence-electron chi connectivity index (χ0n) is 7.58. The van der Waals surface area contributed by atoms with Crippen molar-refractivity contribution in [3.05, 3.63) is 34.6 Å². The van der Waals surface area contributed by atoms with Crippen LogP contribution in [0.2, 0.25) is 0 Å². The number of H-pyrrole nitrogens is 1. The topological polar surface area (TPSA) is 53.6 Å². The van der Waals surface area contributed by atoms with Gasteiger partial charge in [-0.3, -0.25) is 5.10 Å². The molecule has 0 saturated heterocycles. The summed E-state index contributed by atoms with van der Waals surface area (Å²) in [6.45, 7) is 2.03. The largest absolute Gasteiger partial charge is 0.323 e. The second kappa shape index (κ2) is 3.79. The van der Waals surface area contributed by atoms with E-state index in [1.165, 1.54) is 0 Å². The lowest BCUT2D eigenvalue weighted by atomic mass is 10.2. The smallest absolute Gasteiger partial charge is 0.247 e. The molecule has 4 nitrogen and oxygen atoms in total. The van der Waals surface area contributed by atoms with Crippen LogP contribution in [-0.2, 0) is 0 Å². The zero-order valence-corrected chi connectivity index (χ0v) is 9.17. The van der Waals surface area contributed by atoms with Crippen molar-refractivity contribution in [1.82, 2.24) is 15.2 Å². The Bertz CT molecular complexity index is 438. The van der Waals surface area contributed by atoms with Crippen LogP contribution >= 0.6 is 15.9 Å². The number of para-hydroxylation sites is 1. The van der Waals surface area contributed by atoms with Gasteiger partial charge in [0.1, 0.15) is 0 Å². The van der Waals surface area contributed by atoms with Gasteiger partial charge in [0.05, 0.1) is 0 Å². The van der Waals surface area contributed by atoms with Crippen molar-refractivity contribution in [2.75, 3.05) is 5.32 Å². The van der Waals surface area contributed by atoms with Gasteiger partial charge in [-0.15, -0.1) is 5.10 Å². The van der Waals surface area contributed by atoms with E-state index in [-0.39, 0.29) is 0 Å². The van der Waals surface area contributed by atoms with Gasteiger partial charge in [0.25, 0.3) is 0 Å². The third kappa shape index (κ3) is 1.93. The Labute approximate surface area is 89.9 Å². The number of nitrogens with one attached hydrogen (secondary N) is 2. The first-order valence-corrected chi connectivity index (χ1v) is 4.95. The molecule has 1 aromatic heterocycles. The summed E-state index contributed by atoms with van der Waals surface area (Å²) in [7, 11) is 0. The lowest BCUT2D eigenvalue weighted by Gasteiger charge is -2.04. The van der Waals surface area contributed by atoms with Crippen molar-refractivity contribution in [2.24, 2.45) is 0 Å². The Balaban J connectivity index is 2.23. The van der Waals surface area contributed by atoms with E-state index in [1.54, 1.807) is 0 Å². The van der Waals surface area contributed by atoms with Crippen LogP contribution in [0.5, 0.6) is 0 Å². The van der Waals surface area contributed by atoms with E-state index in [4.69, 9.17) is 0 Å². The summed E-state index contributed by atoms with van der Waals surface area (Å²) in [6, 6.07) is 7.98. The molecule has 0 fully saturated rings. The fourth-order valence-electron chi connectivity index (χ4n) is 1.13. The minimum absolute atomic E-state index is 0.561. The van der Waals surface area contributed by atoms with E-state index < -0.39 is 0 Å². The summed E-state index contributed by atoms with van der Waals surface area (Å²) in [5.74, 6) is 0.561. The van der Waals surface area contributed by atoms with Crippen LogP contribution in [0, 0.1) is 6.92 Å². The first-order chi connectivity index (χ1) is 6.75. The van der Waals surface area contributed by atoms with Gasteiger partial charge in [0.2, 0.25) is 5.95 Å². The van der Waals surface area contributed by atoms with E-state index in [0.29, 0.717) is 10.7 Å². The van der Waals surface area contributed by atoms with Crippen LogP contribution in [0.15, 0.2) is 29.0 Å². The highest BCUT2D eigenvalue weighted by molar-refractivity contribution is 9.10. The molecule has 5 heteroatoms. The van der Waals surface area contributed by atoms with Crippen molar-refractivity contribution < 1.29 is 0 Å². The molecule has 0 atom stereocenters. The van der Waals surface area contributed by atoms with Gasteiger partial charge >= 0.3 is 0 Å². The number of nitrogens with zero attached hydrogens (tertiary/aromatic N) is 2. The monoisotopic (exact) mass is 252 g/mol. The predicted octanol–water partition coefficient (Wildman–Crippen LogP) is 2.62. The van der Waals surface area contributed by atoms with Crippen molar-refractivity contribution in [1.29, 1.82) is 0 Å². The van der Waals surface area contributed by atoms with Crippen LogP contribution in [0.4, 0.5) is 11.6 Å². The Kier molecular flexibility index (Phi) is 2.49. The normalized spacial score (nSPS) is 10.1. The maximum atomic E-state index is 4.09. The highest BCUT2D eigenvalue weighted by atomic mass is 79.9. The zero-order chi connectivity index (χ0) is 9.97. The first kappa shape index (κ1) is 9.21. The summed E-state index contributed by atoms with van der Waals surface area (Å²) in [5, 5.41) is 9.77. The van der Waals surface area contributed by atoms with Crippen LogP contribution in [-0.4, -0.2) is 15.2 Å². The molecule has 2 aromatic rings. The minimum atomic E-state index is 0.561. The average Bonchev–Trinajstić information content (AvgIpc) is 2.56. The molecule has 0 amide bonds. The Morgan fingerprint density at radius 3 is 2.79 bits per heavy atom. The van der Waals surface area contributed by atoms with Gasteiger partial charge in [-0.05, 0) is 34.5 Å². The maximum Gasteiger partial charge on any atom is 0.247 e. The molecular formula is C9H9BrN4. The summed E-state index contributed by atoms with van der Waals surface area (Å²) < 4.78 is 0.619. The van der Waals surface area contributed by atoms with E-state index >= 15 is 0 Å². The summed E-state index contributed by atoms with van der Waals surface area (Å²) in [5.41, 5.74) is 2.17. The molecule has 0 aliphatic rings. The molecular weight excluding hydrogens is 244 g/mol. The van der Waals surface area contributed by atoms with Gasteiger partial charge in [-0.1, -0.05) is 18.2 Å². The number of rotatable bonds is 2. The van der Waals surface area contributed by atoms with Gasteiger partial charge in [0.15, 0.2) is 4.73 Å². The fourth-order valence-corrected chi connectivity index (χ4v) is 1.39. The van der Waals surface area contributed by atoms with E-state index in [9.17, 15) is 0 Å². The minimum Gasteiger partial charge on any atom is -0.323 e. The molecule has 0 aliphatic carbocycles. The van der Waals surface area contributed by atoms with Crippen molar-refractivity contribution in [3.8, 4) is 0 Å². The molecule has 0 radical (unpaired) electrons. The van der Waals surface area contributed by atoms with E-state index in [0.717, 1.165) is 11.3 Å². The second-order valence-corrected chi connectivity index (χ2v) is 3.64. The number of aromatic amines is 1. The van der Waals surface area contributed by atoms with Crippen molar-refractivity contribution >= 4 is 27.6 Å². The number of aromatic nitrogens is 3. The Morgan fingerprint density at radius 2 is 2.14 bits per heavy atom. The van der Waals surface area contributed by atoms with Crippen LogP contribution < -0.4 is 5.32 Å². The highest BCUT2D eigenvalue weighted by Crippen LogP contribution is 2.17. The standard InChI is InChI=1S/C9H9BrN4/c1-6-4-2-3-5-7(6)11-9-12-8(10)13-14-9/h2-5H,1H3,(H2,11,12,13,14). The number of halogens is 1. The van der Waals surface area contributed by atoms with Gasteiger partial charge in [-0.25, -0.2) is 0 Å². The van der Waals surface area contributed by atoms with Crippen molar-refractivity contribution in [2.45, 2.75) is 6.92 Å². The van der Waals surface area contributed by atoms with Crippen molar-refractivity contribution in [3.63, 3.8) is 0 Å². The lowest BCUT2D eigenvalue weighted by molar-refractivity contribution is 1.07. The van der Waals surface area contributed by atoms with Gasteiger partial charge < -0.3 is 5.32 Å². The van der Waals surface area contributed by atoms with Crippen LogP contribution in [0.25, 0.3) is 0 Å². The van der Waals surface area contributed by atoms with Gasteiger partial charge in [0, 0.05) is 5.69 Å². The quantitative estimate of drug-likeness (QED) is 0.864. The third-order valence-electron chi connectivity index (χ3n) is 1.85. The number of anilines is 2. The highest BCUT2D eigenvalue weighted by Gasteiger charge is 2.01. The molecule has 0 saturated carbocycles. The fraction of sp³-hybridized carbons (Fsp3) is 0.111. The molecule has 1 aromatic carbocycles. The average molecular weight is 253 g/mol. The lowest BCUT2D eigenvalue weighted by Crippen LogP contribution is -1.94. The molecule has 72 valence electrons. The summed E-state index contributed by atoms with van der Waals surface area (Å²) >= 11 is 3.19.